The number of rotatable bonds is 6. The number of hydrogen-bond donors (Lipinski definition) is 1. The van der Waals surface area contributed by atoms with Crippen LogP contribution in [-0.2, 0) is 11.2 Å². The van der Waals surface area contributed by atoms with Crippen molar-refractivity contribution in [2.24, 2.45) is 10.9 Å². The van der Waals surface area contributed by atoms with Crippen LogP contribution in [0.25, 0.3) is 0 Å². The number of aliphatic imine (C=N–C) groups is 1. The van der Waals surface area contributed by atoms with Gasteiger partial charge in [-0.3, -0.25) is 4.99 Å². The van der Waals surface area contributed by atoms with Gasteiger partial charge in [-0.2, -0.15) is 0 Å². The molecule has 1 aliphatic rings. The standard InChI is InChI=1S/C21H18F3NO3/c1-13-18(20(26)27)17(19(25-13)15-7-3-2-4-8-15)11-10-14-6-5-9-16(12-14)28-21(22,23)24/h2-9,12,17H,10-11H2,1H3,(H,26,27). The largest absolute Gasteiger partial charge is 0.573 e. The van der Waals surface area contributed by atoms with Crippen LogP contribution in [0.4, 0.5) is 13.2 Å². The quantitative estimate of drug-likeness (QED) is 0.757. The van der Waals surface area contributed by atoms with Crippen molar-refractivity contribution < 1.29 is 27.8 Å². The topological polar surface area (TPSA) is 58.9 Å². The fraction of sp³-hybridized carbons (Fsp3) is 0.238. The molecule has 4 nitrogen and oxygen atoms in total. The lowest BCUT2D eigenvalue weighted by Crippen LogP contribution is -2.20. The Morgan fingerprint density at radius 2 is 1.86 bits per heavy atom. The summed E-state index contributed by atoms with van der Waals surface area (Å²) in [6.07, 6.45) is -3.97. The number of aliphatic carboxylic acids is 1. The summed E-state index contributed by atoms with van der Waals surface area (Å²) in [7, 11) is 0. The molecule has 0 fully saturated rings. The van der Waals surface area contributed by atoms with Gasteiger partial charge in [0.05, 0.1) is 11.3 Å². The van der Waals surface area contributed by atoms with Crippen LogP contribution in [0.5, 0.6) is 5.75 Å². The number of carboxylic acids is 1. The Bertz CT molecular complexity index is 933. The molecule has 1 heterocycles. The Labute approximate surface area is 160 Å². The maximum atomic E-state index is 12.4. The number of alkyl halides is 3. The Balaban J connectivity index is 1.81. The molecule has 1 atom stereocenters. The van der Waals surface area contributed by atoms with E-state index in [0.717, 1.165) is 5.56 Å². The van der Waals surface area contributed by atoms with Crippen LogP contribution in [0.3, 0.4) is 0 Å². The van der Waals surface area contributed by atoms with Crippen molar-refractivity contribution in [2.45, 2.75) is 26.1 Å². The van der Waals surface area contributed by atoms with Crippen molar-refractivity contribution in [3.8, 4) is 5.75 Å². The molecule has 28 heavy (non-hydrogen) atoms. The highest BCUT2D eigenvalue weighted by Crippen LogP contribution is 2.33. The minimum Gasteiger partial charge on any atom is -0.478 e. The molecule has 1 aliphatic heterocycles. The van der Waals surface area contributed by atoms with Gasteiger partial charge < -0.3 is 9.84 Å². The van der Waals surface area contributed by atoms with Crippen molar-refractivity contribution >= 4 is 11.7 Å². The number of allylic oxidation sites excluding steroid dienone is 1. The molecular formula is C21H18F3NO3. The predicted molar refractivity (Wildman–Crippen MR) is 98.3 cm³/mol. The van der Waals surface area contributed by atoms with Gasteiger partial charge in [0.2, 0.25) is 0 Å². The zero-order valence-corrected chi connectivity index (χ0v) is 15.0. The molecule has 0 radical (unpaired) electrons. The van der Waals surface area contributed by atoms with Gasteiger partial charge in [0.25, 0.3) is 0 Å². The highest BCUT2D eigenvalue weighted by atomic mass is 19.4. The maximum Gasteiger partial charge on any atom is 0.573 e. The predicted octanol–water partition coefficient (Wildman–Crippen LogP) is 5.00. The molecule has 1 unspecified atom stereocenters. The number of nitrogens with zero attached hydrogens (tertiary/aromatic N) is 1. The van der Waals surface area contributed by atoms with Gasteiger partial charge in [0.15, 0.2) is 0 Å². The van der Waals surface area contributed by atoms with E-state index in [2.05, 4.69) is 9.73 Å². The summed E-state index contributed by atoms with van der Waals surface area (Å²) in [4.78, 5) is 16.2. The second kappa shape index (κ2) is 7.88. The van der Waals surface area contributed by atoms with Gasteiger partial charge in [-0.25, -0.2) is 4.79 Å². The molecule has 0 aromatic heterocycles. The number of carboxylic acid groups (broad SMARTS) is 1. The zero-order chi connectivity index (χ0) is 20.3. The first kappa shape index (κ1) is 19.7. The van der Waals surface area contributed by atoms with Crippen LogP contribution in [0, 0.1) is 5.92 Å². The highest BCUT2D eigenvalue weighted by molar-refractivity contribution is 6.11. The van der Waals surface area contributed by atoms with Gasteiger partial charge >= 0.3 is 12.3 Å². The molecule has 0 saturated heterocycles. The van der Waals surface area contributed by atoms with Crippen LogP contribution >= 0.6 is 0 Å². The summed E-state index contributed by atoms with van der Waals surface area (Å²) in [5, 5.41) is 9.61. The summed E-state index contributed by atoms with van der Waals surface area (Å²) >= 11 is 0. The molecule has 0 amide bonds. The molecule has 0 bridgehead atoms. The number of hydrogen-bond acceptors (Lipinski definition) is 3. The van der Waals surface area contributed by atoms with E-state index >= 15 is 0 Å². The van der Waals surface area contributed by atoms with Crippen molar-refractivity contribution in [3.05, 3.63) is 77.0 Å². The Morgan fingerprint density at radius 1 is 1.14 bits per heavy atom. The minimum atomic E-state index is -4.76. The van der Waals surface area contributed by atoms with Crippen LogP contribution < -0.4 is 4.74 Å². The number of carbonyl (C=O) groups is 1. The molecule has 3 rings (SSSR count). The number of halogens is 3. The summed E-state index contributed by atoms with van der Waals surface area (Å²) in [6, 6.07) is 15.0. The van der Waals surface area contributed by atoms with Crippen molar-refractivity contribution in [1.82, 2.24) is 0 Å². The summed E-state index contributed by atoms with van der Waals surface area (Å²) in [6.45, 7) is 1.66. The molecule has 0 aliphatic carbocycles. The second-order valence-corrected chi connectivity index (χ2v) is 6.45. The molecule has 0 spiro atoms. The Hall–Kier alpha value is -3.09. The smallest absolute Gasteiger partial charge is 0.478 e. The Kier molecular flexibility index (Phi) is 5.53. The first-order valence-corrected chi connectivity index (χ1v) is 8.67. The zero-order valence-electron chi connectivity index (χ0n) is 15.0. The highest BCUT2D eigenvalue weighted by Gasteiger charge is 2.33. The van der Waals surface area contributed by atoms with Crippen LogP contribution in [0.2, 0.25) is 0 Å². The average Bonchev–Trinajstić information content (AvgIpc) is 2.96. The molecule has 0 saturated carbocycles. The van der Waals surface area contributed by atoms with Crippen molar-refractivity contribution in [1.29, 1.82) is 0 Å². The second-order valence-electron chi connectivity index (χ2n) is 6.45. The van der Waals surface area contributed by atoms with E-state index in [1.807, 2.05) is 30.3 Å². The van der Waals surface area contributed by atoms with Crippen molar-refractivity contribution in [2.75, 3.05) is 0 Å². The minimum absolute atomic E-state index is 0.224. The normalized spacial score (nSPS) is 16.9. The summed E-state index contributed by atoms with van der Waals surface area (Å²) < 4.78 is 41.2. The molecule has 2 aromatic carbocycles. The fourth-order valence-electron chi connectivity index (χ4n) is 3.38. The summed E-state index contributed by atoms with van der Waals surface area (Å²) in [5.74, 6) is -1.77. The average molecular weight is 389 g/mol. The third-order valence-electron chi connectivity index (χ3n) is 4.51. The molecule has 7 heteroatoms. The van der Waals surface area contributed by atoms with E-state index in [4.69, 9.17) is 0 Å². The SMILES string of the molecule is CC1=C(C(=O)O)C(CCc2cccc(OC(F)(F)F)c2)C(c2ccccc2)=N1. The van der Waals surface area contributed by atoms with Gasteiger partial charge in [-0.05, 0) is 43.0 Å². The number of aryl methyl sites for hydroxylation is 1. The first-order valence-electron chi connectivity index (χ1n) is 8.67. The first-order chi connectivity index (χ1) is 13.2. The van der Waals surface area contributed by atoms with E-state index in [1.54, 1.807) is 13.0 Å². The Morgan fingerprint density at radius 3 is 2.50 bits per heavy atom. The molecular weight excluding hydrogens is 371 g/mol. The van der Waals surface area contributed by atoms with E-state index in [1.165, 1.54) is 18.2 Å². The van der Waals surface area contributed by atoms with Crippen LogP contribution in [0.15, 0.2) is 70.9 Å². The molecule has 2 aromatic rings. The van der Waals surface area contributed by atoms with Gasteiger partial charge in [0.1, 0.15) is 5.75 Å². The van der Waals surface area contributed by atoms with Gasteiger partial charge in [-0.1, -0.05) is 42.5 Å². The third-order valence-corrected chi connectivity index (χ3v) is 4.51. The summed E-state index contributed by atoms with van der Waals surface area (Å²) in [5.41, 5.74) is 2.80. The van der Waals surface area contributed by atoms with E-state index in [0.29, 0.717) is 29.8 Å². The van der Waals surface area contributed by atoms with E-state index in [-0.39, 0.29) is 11.3 Å². The lowest BCUT2D eigenvalue weighted by molar-refractivity contribution is -0.274. The number of ether oxygens (including phenoxy) is 1. The maximum absolute atomic E-state index is 12.4. The van der Waals surface area contributed by atoms with Crippen LogP contribution in [0.1, 0.15) is 24.5 Å². The van der Waals surface area contributed by atoms with Crippen LogP contribution in [-0.4, -0.2) is 23.1 Å². The van der Waals surface area contributed by atoms with Gasteiger partial charge in [0, 0.05) is 11.6 Å². The van der Waals surface area contributed by atoms with E-state index < -0.39 is 18.2 Å². The van der Waals surface area contributed by atoms with Crippen molar-refractivity contribution in [3.63, 3.8) is 0 Å². The monoisotopic (exact) mass is 389 g/mol. The molecule has 1 N–H and O–H groups in total. The van der Waals surface area contributed by atoms with E-state index in [9.17, 15) is 23.1 Å². The lowest BCUT2D eigenvalue weighted by Gasteiger charge is -2.16. The third kappa shape index (κ3) is 4.60. The molecule has 146 valence electrons. The number of benzene rings is 2. The lowest BCUT2D eigenvalue weighted by atomic mass is 9.86. The fourth-order valence-corrected chi connectivity index (χ4v) is 3.38. The van der Waals surface area contributed by atoms with Gasteiger partial charge in [-0.15, -0.1) is 13.2 Å².